The lowest BCUT2D eigenvalue weighted by atomic mass is 10.1. The molecule has 3 heterocycles. The summed E-state index contributed by atoms with van der Waals surface area (Å²) in [6.07, 6.45) is 1.31. The van der Waals surface area contributed by atoms with Gasteiger partial charge in [-0.3, -0.25) is 9.48 Å². The number of carbonyl (C=O) groups excluding carboxylic acids is 1. The van der Waals surface area contributed by atoms with E-state index in [0.717, 1.165) is 17.2 Å². The summed E-state index contributed by atoms with van der Waals surface area (Å²) in [5.41, 5.74) is 2.84. The van der Waals surface area contributed by atoms with Crippen LogP contribution in [0.4, 0.5) is 13.2 Å². The van der Waals surface area contributed by atoms with Crippen LogP contribution in [0.25, 0.3) is 27.8 Å². The number of amides is 1. The number of aliphatic hydroxyl groups is 1. The van der Waals surface area contributed by atoms with Gasteiger partial charge in [0.1, 0.15) is 5.75 Å². The fourth-order valence-corrected chi connectivity index (χ4v) is 3.42. The number of hydrogen-bond acceptors (Lipinski definition) is 6. The maximum atomic E-state index is 12.5. The molecular weight excluding hydrogens is 453 g/mol. The fourth-order valence-electron chi connectivity index (χ4n) is 3.42. The second-order valence-electron chi connectivity index (χ2n) is 7.09. The molecule has 4 rings (SSSR count). The third-order valence-electron chi connectivity index (χ3n) is 4.84. The van der Waals surface area contributed by atoms with E-state index >= 15 is 0 Å². The summed E-state index contributed by atoms with van der Waals surface area (Å²) in [4.78, 5) is 16.2. The Morgan fingerprint density at radius 3 is 2.68 bits per heavy atom. The van der Waals surface area contributed by atoms with Gasteiger partial charge in [-0.15, -0.1) is 13.2 Å². The van der Waals surface area contributed by atoms with Gasteiger partial charge in [-0.2, -0.15) is 10.2 Å². The van der Waals surface area contributed by atoms with Crippen LogP contribution in [0.5, 0.6) is 5.75 Å². The number of carbonyl (C=O) groups is 1. The zero-order valence-electron chi connectivity index (χ0n) is 17.7. The van der Waals surface area contributed by atoms with Crippen molar-refractivity contribution in [3.05, 3.63) is 67.3 Å². The van der Waals surface area contributed by atoms with Crippen molar-refractivity contribution in [1.29, 1.82) is 0 Å². The van der Waals surface area contributed by atoms with Crippen LogP contribution in [0.15, 0.2) is 61.6 Å². The van der Waals surface area contributed by atoms with E-state index in [9.17, 15) is 18.0 Å². The molecule has 12 heteroatoms. The number of halogens is 3. The van der Waals surface area contributed by atoms with Gasteiger partial charge in [0.15, 0.2) is 5.65 Å². The summed E-state index contributed by atoms with van der Waals surface area (Å²) in [6.45, 7) is 3.75. The highest BCUT2D eigenvalue weighted by Crippen LogP contribution is 2.32. The van der Waals surface area contributed by atoms with Crippen LogP contribution in [-0.4, -0.2) is 48.5 Å². The molecule has 0 saturated heterocycles. The zero-order chi connectivity index (χ0) is 24.3. The summed E-state index contributed by atoms with van der Waals surface area (Å²) in [7, 11) is 0. The predicted molar refractivity (Wildman–Crippen MR) is 116 cm³/mol. The van der Waals surface area contributed by atoms with Crippen LogP contribution >= 0.6 is 0 Å². The number of aliphatic hydroxyl groups excluding tert-OH is 1. The van der Waals surface area contributed by atoms with Crippen LogP contribution in [0, 0.1) is 0 Å². The van der Waals surface area contributed by atoms with Gasteiger partial charge in [-0.25, -0.2) is 9.67 Å². The summed E-state index contributed by atoms with van der Waals surface area (Å²) < 4.78 is 44.5. The molecule has 0 radical (unpaired) electrons. The van der Waals surface area contributed by atoms with Crippen molar-refractivity contribution < 1.29 is 27.8 Å². The lowest BCUT2D eigenvalue weighted by Crippen LogP contribution is -2.20. The highest BCUT2D eigenvalue weighted by molar-refractivity contribution is 5.95. The smallest absolute Gasteiger partial charge is 0.406 e. The summed E-state index contributed by atoms with van der Waals surface area (Å²) in [5, 5.41) is 21.3. The van der Waals surface area contributed by atoms with E-state index in [4.69, 9.17) is 5.11 Å². The molecule has 0 fully saturated rings. The highest BCUT2D eigenvalue weighted by Gasteiger charge is 2.31. The van der Waals surface area contributed by atoms with Crippen molar-refractivity contribution >= 4 is 16.9 Å². The minimum Gasteiger partial charge on any atom is -0.406 e. The first-order valence-electron chi connectivity index (χ1n) is 10.1. The van der Waals surface area contributed by atoms with E-state index in [0.29, 0.717) is 29.0 Å². The van der Waals surface area contributed by atoms with Gasteiger partial charge >= 0.3 is 6.36 Å². The van der Waals surface area contributed by atoms with Crippen molar-refractivity contribution in [3.63, 3.8) is 0 Å². The molecule has 0 aliphatic heterocycles. The molecule has 0 saturated carbocycles. The molecule has 176 valence electrons. The quantitative estimate of drug-likeness (QED) is 0.382. The number of ether oxygens (including phenoxy) is 1. The van der Waals surface area contributed by atoms with Crippen LogP contribution in [-0.2, 0) is 17.9 Å². The van der Waals surface area contributed by atoms with Gasteiger partial charge in [0.05, 0.1) is 42.7 Å². The molecule has 0 aliphatic carbocycles. The maximum Gasteiger partial charge on any atom is 0.573 e. The number of nitrogens with zero attached hydrogens (tertiary/aromatic N) is 5. The van der Waals surface area contributed by atoms with E-state index in [1.165, 1.54) is 28.9 Å². The van der Waals surface area contributed by atoms with Gasteiger partial charge in [0.2, 0.25) is 5.91 Å². The average Bonchev–Trinajstić information content (AvgIpc) is 3.42. The minimum absolute atomic E-state index is 0.0626. The highest BCUT2D eigenvalue weighted by atomic mass is 19.4. The second kappa shape index (κ2) is 9.35. The summed E-state index contributed by atoms with van der Waals surface area (Å²) in [5.74, 6) is -0.756. The van der Waals surface area contributed by atoms with Crippen molar-refractivity contribution in [2.24, 2.45) is 0 Å². The molecule has 0 bridgehead atoms. The van der Waals surface area contributed by atoms with E-state index in [1.54, 1.807) is 29.3 Å². The molecule has 34 heavy (non-hydrogen) atoms. The lowest BCUT2D eigenvalue weighted by molar-refractivity contribution is -0.274. The Kier molecular flexibility index (Phi) is 6.32. The molecule has 2 N–H and O–H groups in total. The molecule has 0 unspecified atom stereocenters. The van der Waals surface area contributed by atoms with Crippen LogP contribution in [0.1, 0.15) is 5.69 Å². The van der Waals surface area contributed by atoms with Gasteiger partial charge in [-0.05, 0) is 42.0 Å². The minimum atomic E-state index is -4.80. The Morgan fingerprint density at radius 1 is 1.24 bits per heavy atom. The number of rotatable bonds is 8. The molecule has 0 spiro atoms. The molecule has 0 atom stereocenters. The standard InChI is InChI=1S/C22H19F3N6O3/c1-2-19(33)27-12-18-20-17(14-11-28-30(13-14)9-10-32)7-8-26-21(20)31(29-18)15-3-5-16(6-4-15)34-22(23,24)25/h2-8,11,13,32H,1,9-10,12H2,(H,27,33). The van der Waals surface area contributed by atoms with Crippen LogP contribution in [0.3, 0.4) is 0 Å². The Hall–Kier alpha value is -4.19. The van der Waals surface area contributed by atoms with E-state index in [2.05, 4.69) is 31.8 Å². The molecular formula is C22H19F3N6O3. The third kappa shape index (κ3) is 4.91. The van der Waals surface area contributed by atoms with E-state index < -0.39 is 12.3 Å². The number of nitrogens with one attached hydrogen (secondary N) is 1. The van der Waals surface area contributed by atoms with Crippen molar-refractivity contribution in [2.45, 2.75) is 19.5 Å². The first-order valence-corrected chi connectivity index (χ1v) is 10.1. The van der Waals surface area contributed by atoms with Crippen molar-refractivity contribution in [1.82, 2.24) is 29.9 Å². The normalized spacial score (nSPS) is 11.5. The Balaban J connectivity index is 1.81. The van der Waals surface area contributed by atoms with Crippen LogP contribution < -0.4 is 10.1 Å². The molecule has 3 aromatic heterocycles. The van der Waals surface area contributed by atoms with E-state index in [1.807, 2.05) is 0 Å². The van der Waals surface area contributed by atoms with Gasteiger partial charge < -0.3 is 15.2 Å². The molecule has 4 aromatic rings. The monoisotopic (exact) mass is 472 g/mol. The molecule has 1 aromatic carbocycles. The summed E-state index contributed by atoms with van der Waals surface area (Å²) >= 11 is 0. The Bertz CT molecular complexity index is 1330. The molecule has 1 amide bonds. The Morgan fingerprint density at radius 2 is 2.00 bits per heavy atom. The summed E-state index contributed by atoms with van der Waals surface area (Å²) in [6, 6.07) is 6.98. The zero-order valence-corrected chi connectivity index (χ0v) is 17.7. The third-order valence-corrected chi connectivity index (χ3v) is 4.84. The number of hydrogen-bond donors (Lipinski definition) is 2. The van der Waals surface area contributed by atoms with Crippen molar-refractivity contribution in [3.8, 4) is 22.6 Å². The predicted octanol–water partition coefficient (Wildman–Crippen LogP) is 2.98. The van der Waals surface area contributed by atoms with Gasteiger partial charge in [-0.1, -0.05) is 6.58 Å². The number of fused-ring (bicyclic) bond motifs is 1. The van der Waals surface area contributed by atoms with E-state index in [-0.39, 0.29) is 18.9 Å². The van der Waals surface area contributed by atoms with Gasteiger partial charge in [0, 0.05) is 18.0 Å². The SMILES string of the molecule is C=CC(=O)NCc1nn(-c2ccc(OC(F)(F)F)cc2)c2nccc(-c3cnn(CCO)c3)c12. The average molecular weight is 472 g/mol. The topological polar surface area (TPSA) is 107 Å². The molecule has 9 nitrogen and oxygen atoms in total. The maximum absolute atomic E-state index is 12.5. The first kappa shape index (κ1) is 23.0. The first-order chi connectivity index (χ1) is 16.3. The van der Waals surface area contributed by atoms with Crippen molar-refractivity contribution in [2.75, 3.05) is 6.61 Å². The number of pyridine rings is 1. The number of alkyl halides is 3. The largest absolute Gasteiger partial charge is 0.573 e. The Labute approximate surface area is 191 Å². The molecule has 0 aliphatic rings. The van der Waals surface area contributed by atoms with Gasteiger partial charge in [0.25, 0.3) is 0 Å². The number of benzene rings is 1. The number of aromatic nitrogens is 5. The van der Waals surface area contributed by atoms with Crippen LogP contribution in [0.2, 0.25) is 0 Å². The second-order valence-corrected chi connectivity index (χ2v) is 7.09. The fraction of sp³-hybridized carbons (Fsp3) is 0.182. The lowest BCUT2D eigenvalue weighted by Gasteiger charge is -2.09.